The molecule has 189 valence electrons. The number of hydrogen-bond donors (Lipinski definition) is 3. The van der Waals surface area contributed by atoms with Crippen molar-refractivity contribution in [2.45, 2.75) is 31.2 Å². The van der Waals surface area contributed by atoms with Gasteiger partial charge in [0.15, 0.2) is 0 Å². The minimum atomic E-state index is -1.56. The fourth-order valence-corrected chi connectivity index (χ4v) is 3.77. The van der Waals surface area contributed by atoms with Gasteiger partial charge in [-0.15, -0.1) is 0 Å². The molecule has 3 N–H and O–H groups in total. The predicted molar refractivity (Wildman–Crippen MR) is 104 cm³/mol. The van der Waals surface area contributed by atoms with Crippen molar-refractivity contribution in [3.05, 3.63) is 29.6 Å². The average Bonchev–Trinajstić information content (AvgIpc) is 2.74. The summed E-state index contributed by atoms with van der Waals surface area (Å²) in [6.45, 7) is -2.56. The van der Waals surface area contributed by atoms with Crippen molar-refractivity contribution in [2.75, 3.05) is 46.0 Å². The molecule has 0 spiro atoms. The number of fused-ring (bicyclic) bond motifs is 2. The van der Waals surface area contributed by atoms with Crippen LogP contribution in [0.25, 0.3) is 0 Å². The van der Waals surface area contributed by atoms with Crippen molar-refractivity contribution >= 4 is 17.9 Å². The number of aliphatic hydroxyl groups is 3. The van der Waals surface area contributed by atoms with Crippen LogP contribution >= 0.6 is 0 Å². The number of carboxylic acid groups (broad SMARTS) is 3. The van der Waals surface area contributed by atoms with E-state index in [-0.39, 0.29) is 79.2 Å². The smallest absolute Gasteiger partial charge is 0.548 e. The maximum Gasteiger partial charge on any atom is 3.00 e. The molecule has 0 saturated heterocycles. The van der Waals surface area contributed by atoms with Crippen LogP contribution in [0.5, 0.6) is 0 Å². The number of aromatic nitrogens is 1. The second-order valence-corrected chi connectivity index (χ2v) is 7.65. The zero-order valence-corrected chi connectivity index (χ0v) is 20.5. The molecular formula is C20H27GdN4O9. The summed E-state index contributed by atoms with van der Waals surface area (Å²) in [5, 5.41) is 63.3. The predicted octanol–water partition coefficient (Wildman–Crippen LogP) is -6.67. The summed E-state index contributed by atoms with van der Waals surface area (Å²) < 4.78 is 0. The van der Waals surface area contributed by atoms with Crippen LogP contribution in [-0.2, 0) is 27.5 Å². The van der Waals surface area contributed by atoms with Crippen LogP contribution in [0.4, 0.5) is 0 Å². The molecule has 1 aliphatic heterocycles. The minimum absolute atomic E-state index is 0. The van der Waals surface area contributed by atoms with E-state index in [4.69, 9.17) is 0 Å². The number of aliphatic hydroxyl groups excluding tert-OH is 3. The Kier molecular flexibility index (Phi) is 13.5. The Balaban J connectivity index is 0.00000578. The van der Waals surface area contributed by atoms with Gasteiger partial charge in [0, 0.05) is 39.3 Å². The van der Waals surface area contributed by atoms with E-state index in [1.807, 2.05) is 0 Å². The van der Waals surface area contributed by atoms with E-state index < -0.39 is 55.9 Å². The van der Waals surface area contributed by atoms with Crippen LogP contribution in [-0.4, -0.2) is 117 Å². The topological polar surface area (TPSA) is 204 Å². The number of hydrogen-bond acceptors (Lipinski definition) is 13. The van der Waals surface area contributed by atoms with Gasteiger partial charge in [0.2, 0.25) is 0 Å². The summed E-state index contributed by atoms with van der Waals surface area (Å²) in [7, 11) is 0. The first-order chi connectivity index (χ1) is 15.7. The number of carboxylic acids is 3. The summed E-state index contributed by atoms with van der Waals surface area (Å²) >= 11 is 0. The molecular weight excluding hydrogens is 597 g/mol. The van der Waals surface area contributed by atoms with Crippen LogP contribution in [0.1, 0.15) is 11.4 Å². The first kappa shape index (κ1) is 30.7. The molecule has 2 rings (SSSR count). The Morgan fingerprint density at radius 3 is 1.38 bits per heavy atom. The molecule has 1 aromatic heterocycles. The minimum Gasteiger partial charge on any atom is -0.548 e. The zero-order valence-electron chi connectivity index (χ0n) is 18.3. The number of carbonyl (C=O) groups excluding carboxylic acids is 3. The normalized spacial score (nSPS) is 19.0. The fraction of sp³-hybridized carbons (Fsp3) is 0.600. The van der Waals surface area contributed by atoms with E-state index in [9.17, 15) is 45.0 Å². The number of carbonyl (C=O) groups is 3. The Bertz CT molecular complexity index is 780. The first-order valence-corrected chi connectivity index (χ1v) is 10.3. The monoisotopic (exact) mass is 625 g/mol. The maximum absolute atomic E-state index is 11.6. The van der Waals surface area contributed by atoms with Gasteiger partial charge in [-0.05, 0) is 12.1 Å². The second kappa shape index (κ2) is 14.9. The van der Waals surface area contributed by atoms with Crippen molar-refractivity contribution in [3.8, 4) is 0 Å². The number of nitrogens with zero attached hydrogens (tertiary/aromatic N) is 4. The summed E-state index contributed by atoms with van der Waals surface area (Å²) in [4.78, 5) is 43.1. The van der Waals surface area contributed by atoms with Crippen LogP contribution in [0, 0.1) is 39.9 Å². The van der Waals surface area contributed by atoms with E-state index in [1.165, 1.54) is 14.7 Å². The molecule has 0 saturated carbocycles. The molecule has 34 heavy (non-hydrogen) atoms. The van der Waals surface area contributed by atoms with Crippen LogP contribution in [0.2, 0.25) is 0 Å². The number of rotatable bonds is 9. The van der Waals surface area contributed by atoms with E-state index in [0.717, 1.165) is 0 Å². The van der Waals surface area contributed by atoms with Gasteiger partial charge >= 0.3 is 39.9 Å². The van der Waals surface area contributed by atoms with Crippen LogP contribution in [0.3, 0.4) is 0 Å². The van der Waals surface area contributed by atoms with E-state index in [2.05, 4.69) is 4.98 Å². The largest absolute Gasteiger partial charge is 3.00 e. The average molecular weight is 625 g/mol. The molecule has 14 heteroatoms. The molecule has 1 aromatic rings. The van der Waals surface area contributed by atoms with E-state index in [1.54, 1.807) is 18.2 Å². The Morgan fingerprint density at radius 1 is 0.735 bits per heavy atom. The van der Waals surface area contributed by atoms with Gasteiger partial charge in [0.25, 0.3) is 0 Å². The van der Waals surface area contributed by atoms with Gasteiger partial charge in [0.05, 0.1) is 67.2 Å². The zero-order chi connectivity index (χ0) is 24.5. The molecule has 3 unspecified atom stereocenters. The van der Waals surface area contributed by atoms with Crippen molar-refractivity contribution < 1.29 is 85.0 Å². The summed E-state index contributed by atoms with van der Waals surface area (Å²) in [6, 6.07) is 0.679. The summed E-state index contributed by atoms with van der Waals surface area (Å²) in [6.07, 6.45) is 0. The van der Waals surface area contributed by atoms with Gasteiger partial charge in [-0.1, -0.05) is 6.07 Å². The van der Waals surface area contributed by atoms with Crippen molar-refractivity contribution in [1.29, 1.82) is 0 Å². The molecule has 3 atom stereocenters. The molecule has 0 fully saturated rings. The Hall–Kier alpha value is -1.36. The molecule has 0 aromatic carbocycles. The molecule has 0 amide bonds. The Morgan fingerprint density at radius 2 is 1.06 bits per heavy atom. The SMILES string of the molecule is O=C([O-])C(CO)N1CCN(C(CO)C(=O)[O-])Cc2cccc(n2)CN(C(CO)C(=O)[O-])CC1.[Gd+3]. The molecule has 2 bridgehead atoms. The van der Waals surface area contributed by atoms with Gasteiger partial charge in [-0.2, -0.15) is 0 Å². The molecule has 2 heterocycles. The van der Waals surface area contributed by atoms with E-state index >= 15 is 0 Å². The second-order valence-electron chi connectivity index (χ2n) is 7.65. The van der Waals surface area contributed by atoms with E-state index in [0.29, 0.717) is 11.4 Å². The van der Waals surface area contributed by atoms with Crippen LogP contribution in [0.15, 0.2) is 18.2 Å². The van der Waals surface area contributed by atoms with Crippen LogP contribution < -0.4 is 15.3 Å². The number of pyridine rings is 1. The standard InChI is InChI=1S/C20H30N4O9.Gd/c25-10-15(18(28)29)22-4-6-23(16(11-26)19(30)31)8-13-2-1-3-14(21-13)9-24(7-5-22)17(12-27)20(32)33;/h1-3,15-17,25-27H,4-12H2,(H,28,29)(H,30,31)(H,32,33);/q;+3/p-3. The third kappa shape index (κ3) is 8.39. The van der Waals surface area contributed by atoms with Crippen molar-refractivity contribution in [1.82, 2.24) is 19.7 Å². The van der Waals surface area contributed by atoms with Crippen molar-refractivity contribution in [3.63, 3.8) is 0 Å². The van der Waals surface area contributed by atoms with Gasteiger partial charge in [-0.25, -0.2) is 0 Å². The Labute approximate surface area is 228 Å². The molecule has 13 nitrogen and oxygen atoms in total. The summed E-state index contributed by atoms with van der Waals surface area (Å²) in [5.41, 5.74) is 0.846. The van der Waals surface area contributed by atoms with Gasteiger partial charge in [0.1, 0.15) is 0 Å². The maximum atomic E-state index is 11.6. The summed E-state index contributed by atoms with van der Waals surface area (Å²) in [5.74, 6) is -4.60. The number of aliphatic carboxylic acids is 3. The van der Waals surface area contributed by atoms with Gasteiger partial charge < -0.3 is 45.0 Å². The third-order valence-corrected chi connectivity index (χ3v) is 5.60. The fourth-order valence-electron chi connectivity index (χ4n) is 3.77. The van der Waals surface area contributed by atoms with Crippen molar-refractivity contribution in [2.24, 2.45) is 0 Å². The quantitative estimate of drug-likeness (QED) is 0.234. The first-order valence-electron chi connectivity index (χ1n) is 10.3. The van der Waals surface area contributed by atoms with Gasteiger partial charge in [-0.3, -0.25) is 19.7 Å². The third-order valence-electron chi connectivity index (χ3n) is 5.60. The molecule has 1 radical (unpaired) electrons. The molecule has 0 aliphatic carbocycles. The molecule has 1 aliphatic rings.